The first kappa shape index (κ1) is 11.3. The lowest BCUT2D eigenvalue weighted by atomic mass is 9.63. The molecule has 90 valence electrons. The maximum atomic E-state index is 11.8. The van der Waals surface area contributed by atoms with Gasteiger partial charge in [0.2, 0.25) is 0 Å². The molecule has 1 spiro atoms. The topological polar surface area (TPSA) is 26.3 Å². The Morgan fingerprint density at radius 1 is 1.24 bits per heavy atom. The average Bonchev–Trinajstić information content (AvgIpc) is 2.83. The molecule has 3 rings (SSSR count). The van der Waals surface area contributed by atoms with Gasteiger partial charge in [-0.3, -0.25) is 4.79 Å². The molecule has 2 fully saturated rings. The third-order valence-electron chi connectivity index (χ3n) is 4.14. The molecule has 0 amide bonds. The summed E-state index contributed by atoms with van der Waals surface area (Å²) in [5.41, 5.74) is -0.144. The number of hydrogen-bond acceptors (Lipinski definition) is 2. The highest BCUT2D eigenvalue weighted by Gasteiger charge is 2.57. The molecule has 2 aliphatic rings. The lowest BCUT2D eigenvalue weighted by Gasteiger charge is -2.44. The molecule has 17 heavy (non-hydrogen) atoms. The summed E-state index contributed by atoms with van der Waals surface area (Å²) >= 11 is 3.48. The molecule has 2 aliphatic carbocycles. The van der Waals surface area contributed by atoms with Gasteiger partial charge >= 0.3 is 0 Å². The van der Waals surface area contributed by atoms with Crippen molar-refractivity contribution in [1.82, 2.24) is 0 Å². The fourth-order valence-electron chi connectivity index (χ4n) is 3.07. The predicted molar refractivity (Wildman–Crippen MR) is 69.1 cm³/mol. The minimum atomic E-state index is -0.144. The van der Waals surface area contributed by atoms with Crippen molar-refractivity contribution in [1.29, 1.82) is 0 Å². The van der Waals surface area contributed by atoms with Gasteiger partial charge < -0.3 is 4.74 Å². The van der Waals surface area contributed by atoms with Gasteiger partial charge in [0.1, 0.15) is 17.6 Å². The molecule has 1 atom stereocenters. The Hall–Kier alpha value is -0.830. The fourth-order valence-corrected chi connectivity index (χ4v) is 3.45. The molecule has 2 saturated carbocycles. The molecule has 0 radical (unpaired) electrons. The summed E-state index contributed by atoms with van der Waals surface area (Å²) in [6, 6.07) is 7.85. The second-order valence-electron chi connectivity index (χ2n) is 5.03. The normalized spacial score (nSPS) is 25.9. The Morgan fingerprint density at radius 2 is 1.94 bits per heavy atom. The zero-order valence-electron chi connectivity index (χ0n) is 9.62. The van der Waals surface area contributed by atoms with Crippen LogP contribution in [0.4, 0.5) is 0 Å². The van der Waals surface area contributed by atoms with Gasteiger partial charge in [-0.05, 0) is 40.9 Å². The van der Waals surface area contributed by atoms with Gasteiger partial charge in [-0.15, -0.1) is 0 Å². The van der Waals surface area contributed by atoms with Crippen molar-refractivity contribution in [3.05, 3.63) is 28.7 Å². The molecule has 1 unspecified atom stereocenters. The molecule has 0 N–H and O–H groups in total. The number of ether oxygens (including phenoxy) is 1. The number of Topliss-reactive ketones (excluding diaryl/α,β-unsaturated/α-hetero) is 1. The zero-order valence-corrected chi connectivity index (χ0v) is 11.2. The Kier molecular flexibility index (Phi) is 2.74. The van der Waals surface area contributed by atoms with Crippen molar-refractivity contribution in [3.8, 4) is 5.75 Å². The Bertz CT molecular complexity index is 449. The molecule has 0 heterocycles. The summed E-state index contributed by atoms with van der Waals surface area (Å²) in [5.74, 6) is 1.27. The first-order valence-corrected chi connectivity index (χ1v) is 6.96. The summed E-state index contributed by atoms with van der Waals surface area (Å²) in [5, 5.41) is 0. The van der Waals surface area contributed by atoms with Crippen molar-refractivity contribution in [3.63, 3.8) is 0 Å². The minimum Gasteiger partial charge on any atom is -0.488 e. The third-order valence-corrected chi connectivity index (χ3v) is 4.80. The number of hydrogen-bond donors (Lipinski definition) is 0. The fraction of sp³-hybridized carbons (Fsp3) is 0.500. The molecule has 1 aromatic carbocycles. The molecule has 3 heteroatoms. The Morgan fingerprint density at radius 3 is 2.59 bits per heavy atom. The second-order valence-corrected chi connectivity index (χ2v) is 5.88. The molecule has 0 saturated heterocycles. The molecular weight excluding hydrogens is 280 g/mol. The van der Waals surface area contributed by atoms with Crippen LogP contribution in [0.3, 0.4) is 0 Å². The molecule has 0 bridgehead atoms. The van der Waals surface area contributed by atoms with E-state index in [1.54, 1.807) is 0 Å². The van der Waals surface area contributed by atoms with Crippen LogP contribution in [0.1, 0.15) is 32.1 Å². The van der Waals surface area contributed by atoms with Gasteiger partial charge in [0.25, 0.3) is 0 Å². The molecule has 0 aromatic heterocycles. The van der Waals surface area contributed by atoms with Gasteiger partial charge in [-0.2, -0.15) is 0 Å². The minimum absolute atomic E-state index is 0.0937. The van der Waals surface area contributed by atoms with Gasteiger partial charge in [-0.25, -0.2) is 0 Å². The zero-order chi connectivity index (χ0) is 11.9. The summed E-state index contributed by atoms with van der Waals surface area (Å²) in [6.45, 7) is 0. The van der Waals surface area contributed by atoms with Crippen LogP contribution in [0.15, 0.2) is 28.7 Å². The van der Waals surface area contributed by atoms with E-state index in [0.717, 1.165) is 23.1 Å². The van der Waals surface area contributed by atoms with Gasteiger partial charge in [0.05, 0.1) is 9.89 Å². The Labute approximate surface area is 109 Å². The van der Waals surface area contributed by atoms with Crippen molar-refractivity contribution >= 4 is 21.7 Å². The van der Waals surface area contributed by atoms with E-state index in [0.29, 0.717) is 12.2 Å². The number of halogens is 1. The lowest BCUT2D eigenvalue weighted by Crippen LogP contribution is -2.55. The van der Waals surface area contributed by atoms with Crippen molar-refractivity contribution in [2.75, 3.05) is 0 Å². The summed E-state index contributed by atoms with van der Waals surface area (Å²) in [6.07, 6.45) is 5.04. The van der Waals surface area contributed by atoms with Gasteiger partial charge in [0.15, 0.2) is 0 Å². The number of carbonyl (C=O) groups excluding carboxylic acids is 1. The number of rotatable bonds is 2. The van der Waals surface area contributed by atoms with Gasteiger partial charge in [-0.1, -0.05) is 25.0 Å². The molecule has 0 aliphatic heterocycles. The van der Waals surface area contributed by atoms with Crippen LogP contribution in [0.5, 0.6) is 5.75 Å². The van der Waals surface area contributed by atoms with Crippen LogP contribution >= 0.6 is 15.9 Å². The number of carbonyl (C=O) groups is 1. The highest BCUT2D eigenvalue weighted by molar-refractivity contribution is 9.10. The summed E-state index contributed by atoms with van der Waals surface area (Å²) in [7, 11) is 0. The number of ketones is 1. The van der Waals surface area contributed by atoms with E-state index < -0.39 is 0 Å². The van der Waals surface area contributed by atoms with Crippen LogP contribution in [0.2, 0.25) is 0 Å². The van der Waals surface area contributed by atoms with E-state index in [4.69, 9.17) is 4.74 Å². The van der Waals surface area contributed by atoms with Crippen molar-refractivity contribution < 1.29 is 9.53 Å². The first-order valence-electron chi connectivity index (χ1n) is 6.17. The maximum Gasteiger partial charge on any atom is 0.146 e. The molecule has 1 aromatic rings. The van der Waals surface area contributed by atoms with E-state index in [-0.39, 0.29) is 11.5 Å². The van der Waals surface area contributed by atoms with E-state index >= 15 is 0 Å². The average molecular weight is 295 g/mol. The highest BCUT2D eigenvalue weighted by Crippen LogP contribution is 2.52. The summed E-state index contributed by atoms with van der Waals surface area (Å²) < 4.78 is 6.99. The van der Waals surface area contributed by atoms with E-state index in [2.05, 4.69) is 15.9 Å². The van der Waals surface area contributed by atoms with Crippen molar-refractivity contribution in [2.24, 2.45) is 5.41 Å². The van der Waals surface area contributed by atoms with E-state index in [1.165, 1.54) is 12.8 Å². The first-order chi connectivity index (χ1) is 8.22. The van der Waals surface area contributed by atoms with Gasteiger partial charge in [0, 0.05) is 6.42 Å². The third kappa shape index (κ3) is 1.71. The SMILES string of the molecule is O=C1CC(Oc2ccccc2Br)C12CCCC2. The van der Waals surface area contributed by atoms with E-state index in [9.17, 15) is 4.79 Å². The molecule has 2 nitrogen and oxygen atoms in total. The van der Waals surface area contributed by atoms with E-state index in [1.807, 2.05) is 24.3 Å². The van der Waals surface area contributed by atoms with Crippen LogP contribution in [0, 0.1) is 5.41 Å². The lowest BCUT2D eigenvalue weighted by molar-refractivity contribution is -0.151. The second kappa shape index (κ2) is 4.13. The monoisotopic (exact) mass is 294 g/mol. The highest BCUT2D eigenvalue weighted by atomic mass is 79.9. The predicted octanol–water partition coefficient (Wildman–Crippen LogP) is 3.73. The van der Waals surface area contributed by atoms with Crippen LogP contribution in [-0.2, 0) is 4.79 Å². The van der Waals surface area contributed by atoms with Crippen LogP contribution in [-0.4, -0.2) is 11.9 Å². The quantitative estimate of drug-likeness (QED) is 0.831. The largest absolute Gasteiger partial charge is 0.488 e. The number of para-hydroxylation sites is 1. The molecular formula is C14H15BrO2. The Balaban J connectivity index is 1.79. The maximum absolute atomic E-state index is 11.8. The number of benzene rings is 1. The smallest absolute Gasteiger partial charge is 0.146 e. The van der Waals surface area contributed by atoms with Crippen molar-refractivity contribution in [2.45, 2.75) is 38.2 Å². The standard InChI is InChI=1S/C14H15BrO2/c15-10-5-1-2-6-11(10)17-13-9-12(16)14(13)7-3-4-8-14/h1-2,5-6,13H,3-4,7-9H2. The van der Waals surface area contributed by atoms with Crippen LogP contribution < -0.4 is 4.74 Å². The summed E-state index contributed by atoms with van der Waals surface area (Å²) in [4.78, 5) is 11.8. The van der Waals surface area contributed by atoms with Crippen LogP contribution in [0.25, 0.3) is 0 Å².